The molecule has 0 fully saturated rings. The second-order valence-electron chi connectivity index (χ2n) is 2.31. The molecule has 12 heavy (non-hydrogen) atoms. The van der Waals surface area contributed by atoms with Gasteiger partial charge in [0.2, 0.25) is 0 Å². The van der Waals surface area contributed by atoms with E-state index in [2.05, 4.69) is 0 Å². The van der Waals surface area contributed by atoms with E-state index in [1.54, 1.807) is 22.6 Å². The minimum Gasteiger partial charge on any atom is -0.507 e. The van der Waals surface area contributed by atoms with Gasteiger partial charge in [-0.25, -0.2) is 4.39 Å². The number of phenolic OH excluding ortho intramolecular Hbond substituents is 1. The van der Waals surface area contributed by atoms with Gasteiger partial charge < -0.3 is 5.11 Å². The largest absolute Gasteiger partial charge is 0.507 e. The Morgan fingerprint density at radius 2 is 2.17 bits per heavy atom. The van der Waals surface area contributed by atoms with Crippen LogP contribution in [0.4, 0.5) is 4.39 Å². The summed E-state index contributed by atoms with van der Waals surface area (Å²) in [7, 11) is 0. The molecule has 0 amide bonds. The van der Waals surface area contributed by atoms with Crippen molar-refractivity contribution in [1.82, 2.24) is 0 Å². The maximum Gasteiger partial charge on any atom is 0.163 e. The molecule has 0 saturated carbocycles. The number of benzene rings is 1. The molecule has 0 aliphatic heterocycles. The molecule has 0 aliphatic carbocycles. The van der Waals surface area contributed by atoms with E-state index in [9.17, 15) is 9.18 Å². The predicted octanol–water partition coefficient (Wildman–Crippen LogP) is 2.34. The minimum absolute atomic E-state index is 0.0457. The average Bonchev–Trinajstić information content (AvgIpc) is 1.97. The molecule has 0 heterocycles. The van der Waals surface area contributed by atoms with Crippen molar-refractivity contribution in [2.45, 2.75) is 6.92 Å². The van der Waals surface area contributed by atoms with E-state index in [4.69, 9.17) is 5.11 Å². The topological polar surface area (TPSA) is 37.3 Å². The van der Waals surface area contributed by atoms with E-state index in [0.29, 0.717) is 0 Å². The summed E-state index contributed by atoms with van der Waals surface area (Å²) in [6.45, 7) is 1.26. The van der Waals surface area contributed by atoms with E-state index in [-0.39, 0.29) is 20.7 Å². The number of carbonyl (C=O) groups is 1. The summed E-state index contributed by atoms with van der Waals surface area (Å²) in [5.41, 5.74) is -0.0457. The summed E-state index contributed by atoms with van der Waals surface area (Å²) in [4.78, 5) is 10.9. The molecule has 0 aliphatic rings. The number of carbonyl (C=O) groups excluding carboxylic acids is 1. The number of hydrogen-bond donors (Lipinski definition) is 1. The summed E-state index contributed by atoms with van der Waals surface area (Å²) in [5, 5.41) is 9.15. The van der Waals surface area contributed by atoms with E-state index >= 15 is 0 Å². The Morgan fingerprint density at radius 3 is 2.58 bits per heavy atom. The average molecular weight is 280 g/mol. The Kier molecular flexibility index (Phi) is 2.66. The van der Waals surface area contributed by atoms with Gasteiger partial charge in [0.15, 0.2) is 5.78 Å². The Bertz CT molecular complexity index is 336. The van der Waals surface area contributed by atoms with Crippen LogP contribution in [0.5, 0.6) is 5.75 Å². The highest BCUT2D eigenvalue weighted by Gasteiger charge is 2.14. The third-order valence-electron chi connectivity index (χ3n) is 1.42. The predicted molar refractivity (Wildman–Crippen MR) is 50.8 cm³/mol. The van der Waals surface area contributed by atoms with E-state index in [1.807, 2.05) is 0 Å². The summed E-state index contributed by atoms with van der Waals surface area (Å²) >= 11 is 1.73. The van der Waals surface area contributed by atoms with Crippen LogP contribution in [0.1, 0.15) is 17.3 Å². The Hall–Kier alpha value is -0.650. The van der Waals surface area contributed by atoms with Gasteiger partial charge >= 0.3 is 0 Å². The fraction of sp³-hybridized carbons (Fsp3) is 0.125. The minimum atomic E-state index is -0.593. The van der Waals surface area contributed by atoms with Crippen molar-refractivity contribution in [3.05, 3.63) is 27.1 Å². The van der Waals surface area contributed by atoms with Crippen LogP contribution in [0.15, 0.2) is 12.1 Å². The van der Waals surface area contributed by atoms with E-state index in [0.717, 1.165) is 6.07 Å². The van der Waals surface area contributed by atoms with Crippen LogP contribution in [0.25, 0.3) is 0 Å². The first-order chi connectivity index (χ1) is 5.54. The van der Waals surface area contributed by atoms with Gasteiger partial charge in [-0.1, -0.05) is 0 Å². The molecule has 0 radical (unpaired) electrons. The van der Waals surface area contributed by atoms with Gasteiger partial charge in [-0.15, -0.1) is 0 Å². The zero-order valence-electron chi connectivity index (χ0n) is 6.27. The van der Waals surface area contributed by atoms with Crippen LogP contribution in [-0.4, -0.2) is 10.9 Å². The lowest BCUT2D eigenvalue weighted by atomic mass is 10.1. The molecular formula is C8H6FIO2. The van der Waals surface area contributed by atoms with Crippen molar-refractivity contribution >= 4 is 28.4 Å². The van der Waals surface area contributed by atoms with Crippen molar-refractivity contribution in [3.63, 3.8) is 0 Å². The van der Waals surface area contributed by atoms with Gasteiger partial charge in [-0.05, 0) is 41.6 Å². The number of Topliss-reactive ketones (excluding diaryl/α,β-unsaturated/α-hetero) is 1. The first-order valence-corrected chi connectivity index (χ1v) is 4.30. The maximum atomic E-state index is 12.9. The van der Waals surface area contributed by atoms with Crippen LogP contribution >= 0.6 is 22.6 Å². The highest BCUT2D eigenvalue weighted by Crippen LogP contribution is 2.25. The molecular weight excluding hydrogens is 274 g/mol. The lowest BCUT2D eigenvalue weighted by Gasteiger charge is -2.03. The molecule has 1 rings (SSSR count). The van der Waals surface area contributed by atoms with Crippen LogP contribution < -0.4 is 0 Å². The van der Waals surface area contributed by atoms with Crippen LogP contribution in [0, 0.1) is 9.39 Å². The van der Waals surface area contributed by atoms with Crippen molar-refractivity contribution in [3.8, 4) is 5.75 Å². The Labute approximate surface area is 82.5 Å². The van der Waals surface area contributed by atoms with Gasteiger partial charge in [0.05, 0.1) is 9.13 Å². The Morgan fingerprint density at radius 1 is 1.58 bits per heavy atom. The molecule has 1 N–H and O–H groups in total. The second-order valence-corrected chi connectivity index (χ2v) is 3.39. The number of rotatable bonds is 1. The molecule has 1 aromatic carbocycles. The molecule has 0 spiro atoms. The monoisotopic (exact) mass is 280 g/mol. The number of phenols is 1. The van der Waals surface area contributed by atoms with Gasteiger partial charge in [0.25, 0.3) is 0 Å². The van der Waals surface area contributed by atoms with Crippen molar-refractivity contribution in [2.24, 2.45) is 0 Å². The molecule has 0 atom stereocenters. The van der Waals surface area contributed by atoms with Crippen molar-refractivity contribution < 1.29 is 14.3 Å². The van der Waals surface area contributed by atoms with Crippen molar-refractivity contribution in [2.75, 3.05) is 0 Å². The molecule has 2 nitrogen and oxygen atoms in total. The number of ketones is 1. The molecule has 4 heteroatoms. The SMILES string of the molecule is CC(=O)c1c(F)ccc(O)c1I. The molecule has 64 valence electrons. The molecule has 0 saturated heterocycles. The quantitative estimate of drug-likeness (QED) is 0.633. The Balaban J connectivity index is 3.43. The second kappa shape index (κ2) is 3.38. The summed E-state index contributed by atoms with van der Waals surface area (Å²) in [5.74, 6) is -1.04. The number of aromatic hydroxyl groups is 1. The van der Waals surface area contributed by atoms with Gasteiger partial charge in [0.1, 0.15) is 11.6 Å². The zero-order chi connectivity index (χ0) is 9.30. The summed E-state index contributed by atoms with van der Waals surface area (Å²) in [6.07, 6.45) is 0. The smallest absolute Gasteiger partial charge is 0.163 e. The van der Waals surface area contributed by atoms with Gasteiger partial charge in [0, 0.05) is 0 Å². The summed E-state index contributed by atoms with van der Waals surface area (Å²) < 4.78 is 13.2. The normalized spacial score (nSPS) is 9.92. The first kappa shape index (κ1) is 9.44. The van der Waals surface area contributed by atoms with Gasteiger partial charge in [-0.2, -0.15) is 0 Å². The highest BCUT2D eigenvalue weighted by molar-refractivity contribution is 14.1. The highest BCUT2D eigenvalue weighted by atomic mass is 127. The molecule has 0 bridgehead atoms. The summed E-state index contributed by atoms with van der Waals surface area (Å²) in [6, 6.07) is 2.30. The molecule has 0 unspecified atom stereocenters. The van der Waals surface area contributed by atoms with Crippen LogP contribution in [0.2, 0.25) is 0 Å². The third kappa shape index (κ3) is 1.57. The molecule has 0 aromatic heterocycles. The van der Waals surface area contributed by atoms with Crippen LogP contribution in [0.3, 0.4) is 0 Å². The fourth-order valence-corrected chi connectivity index (χ4v) is 1.68. The third-order valence-corrected chi connectivity index (χ3v) is 2.51. The first-order valence-electron chi connectivity index (χ1n) is 3.22. The fourth-order valence-electron chi connectivity index (χ4n) is 0.864. The van der Waals surface area contributed by atoms with Crippen LogP contribution in [-0.2, 0) is 0 Å². The standard InChI is InChI=1S/C8H6FIO2/c1-4(11)7-5(9)2-3-6(12)8(7)10/h2-3,12H,1H3. The van der Waals surface area contributed by atoms with Gasteiger partial charge in [-0.3, -0.25) is 4.79 Å². The van der Waals surface area contributed by atoms with E-state index < -0.39 is 5.82 Å². The van der Waals surface area contributed by atoms with Crippen molar-refractivity contribution in [1.29, 1.82) is 0 Å². The molecule has 1 aromatic rings. The lowest BCUT2D eigenvalue weighted by Crippen LogP contribution is -2.00. The maximum absolute atomic E-state index is 12.9. The number of halogens is 2. The zero-order valence-corrected chi connectivity index (χ0v) is 8.42. The lowest BCUT2D eigenvalue weighted by molar-refractivity contribution is 0.101. The number of hydrogen-bond acceptors (Lipinski definition) is 2. The van der Waals surface area contributed by atoms with E-state index in [1.165, 1.54) is 13.0 Å².